The molecule has 27 heavy (non-hydrogen) atoms. The van der Waals surface area contributed by atoms with Gasteiger partial charge < -0.3 is 14.8 Å². The Hall–Kier alpha value is -3.34. The zero-order valence-corrected chi connectivity index (χ0v) is 14.9. The zero-order valence-electron chi connectivity index (χ0n) is 14.9. The summed E-state index contributed by atoms with van der Waals surface area (Å²) in [6.07, 6.45) is -0.777. The fourth-order valence-corrected chi connectivity index (χ4v) is 2.41. The minimum Gasteiger partial charge on any atom is -0.489 e. The minimum atomic E-state index is -0.777. The Balaban J connectivity index is 1.52. The summed E-state index contributed by atoms with van der Waals surface area (Å²) in [5.41, 5.74) is 1.21. The molecule has 0 spiro atoms. The van der Waals surface area contributed by atoms with E-state index in [-0.39, 0.29) is 5.69 Å². The van der Waals surface area contributed by atoms with E-state index >= 15 is 0 Å². The second kappa shape index (κ2) is 8.85. The Kier molecular flexibility index (Phi) is 6.05. The van der Waals surface area contributed by atoms with Crippen LogP contribution in [0, 0.1) is 5.82 Å². The summed E-state index contributed by atoms with van der Waals surface area (Å²) >= 11 is 0. The Bertz CT molecular complexity index is 882. The van der Waals surface area contributed by atoms with Crippen molar-refractivity contribution in [2.24, 2.45) is 0 Å². The summed E-state index contributed by atoms with van der Waals surface area (Å²) in [4.78, 5) is 12.2. The highest BCUT2D eigenvalue weighted by Gasteiger charge is 2.16. The monoisotopic (exact) mass is 365 g/mol. The SMILES string of the molecule is C[C@@H](Oc1ccc(OCc2ccccc2)cc1)C(=O)Nc1ccccc1F. The van der Waals surface area contributed by atoms with Gasteiger partial charge in [0.2, 0.25) is 0 Å². The number of rotatable bonds is 7. The van der Waals surface area contributed by atoms with E-state index in [0.717, 1.165) is 5.56 Å². The molecule has 1 atom stereocenters. The standard InChI is InChI=1S/C22H20FNO3/c1-16(22(25)24-21-10-6-5-9-20(21)23)27-19-13-11-18(12-14-19)26-15-17-7-3-2-4-8-17/h2-14,16H,15H2,1H3,(H,24,25)/t16-/m1/s1. The Morgan fingerprint density at radius 2 is 1.56 bits per heavy atom. The molecule has 0 aromatic heterocycles. The third-order valence-electron chi connectivity index (χ3n) is 3.89. The molecule has 3 aromatic carbocycles. The molecule has 0 unspecified atom stereocenters. The predicted molar refractivity (Wildman–Crippen MR) is 102 cm³/mol. The number of nitrogens with one attached hydrogen (secondary N) is 1. The Morgan fingerprint density at radius 3 is 2.26 bits per heavy atom. The van der Waals surface area contributed by atoms with Gasteiger partial charge in [-0.1, -0.05) is 42.5 Å². The van der Waals surface area contributed by atoms with Crippen molar-refractivity contribution in [3.05, 3.63) is 90.2 Å². The molecule has 0 aliphatic heterocycles. The summed E-state index contributed by atoms with van der Waals surface area (Å²) < 4.78 is 24.9. The molecule has 0 saturated carbocycles. The van der Waals surface area contributed by atoms with Crippen LogP contribution < -0.4 is 14.8 Å². The lowest BCUT2D eigenvalue weighted by molar-refractivity contribution is -0.122. The first-order valence-corrected chi connectivity index (χ1v) is 8.60. The lowest BCUT2D eigenvalue weighted by Crippen LogP contribution is -2.30. The van der Waals surface area contributed by atoms with E-state index in [0.29, 0.717) is 18.1 Å². The van der Waals surface area contributed by atoms with E-state index in [1.54, 1.807) is 43.3 Å². The molecule has 1 N–H and O–H groups in total. The van der Waals surface area contributed by atoms with Gasteiger partial charge in [-0.05, 0) is 48.9 Å². The molecule has 4 nitrogen and oxygen atoms in total. The van der Waals surface area contributed by atoms with Gasteiger partial charge in [0, 0.05) is 0 Å². The first-order valence-electron chi connectivity index (χ1n) is 8.60. The van der Waals surface area contributed by atoms with E-state index in [1.807, 2.05) is 30.3 Å². The Labute approximate surface area is 157 Å². The van der Waals surface area contributed by atoms with Gasteiger partial charge in [0.15, 0.2) is 6.10 Å². The van der Waals surface area contributed by atoms with E-state index in [9.17, 15) is 9.18 Å². The van der Waals surface area contributed by atoms with Gasteiger partial charge in [0.25, 0.3) is 5.91 Å². The van der Waals surface area contributed by atoms with Crippen LogP contribution in [0.1, 0.15) is 12.5 Å². The van der Waals surface area contributed by atoms with Crippen LogP contribution >= 0.6 is 0 Å². The van der Waals surface area contributed by atoms with Crippen LogP contribution in [-0.2, 0) is 11.4 Å². The van der Waals surface area contributed by atoms with Gasteiger partial charge >= 0.3 is 0 Å². The quantitative estimate of drug-likeness (QED) is 0.654. The van der Waals surface area contributed by atoms with E-state index in [2.05, 4.69) is 5.32 Å². The normalized spacial score (nSPS) is 11.5. The molecule has 5 heteroatoms. The number of benzene rings is 3. The van der Waals surface area contributed by atoms with Crippen LogP contribution in [0.15, 0.2) is 78.9 Å². The lowest BCUT2D eigenvalue weighted by Gasteiger charge is -2.15. The van der Waals surface area contributed by atoms with Gasteiger partial charge in [-0.15, -0.1) is 0 Å². The molecule has 0 aliphatic carbocycles. The van der Waals surface area contributed by atoms with E-state index in [1.165, 1.54) is 12.1 Å². The number of carbonyl (C=O) groups is 1. The topological polar surface area (TPSA) is 47.6 Å². The van der Waals surface area contributed by atoms with Crippen molar-refractivity contribution in [1.82, 2.24) is 0 Å². The van der Waals surface area contributed by atoms with Crippen LogP contribution in [-0.4, -0.2) is 12.0 Å². The van der Waals surface area contributed by atoms with Crippen molar-refractivity contribution >= 4 is 11.6 Å². The third-order valence-corrected chi connectivity index (χ3v) is 3.89. The highest BCUT2D eigenvalue weighted by molar-refractivity contribution is 5.94. The first kappa shape index (κ1) is 18.5. The lowest BCUT2D eigenvalue weighted by atomic mass is 10.2. The summed E-state index contributed by atoms with van der Waals surface area (Å²) in [7, 11) is 0. The second-order valence-corrected chi connectivity index (χ2v) is 5.97. The predicted octanol–water partition coefficient (Wildman–Crippen LogP) is 4.81. The number of para-hydroxylation sites is 1. The van der Waals surface area contributed by atoms with Crippen LogP contribution in [0.3, 0.4) is 0 Å². The van der Waals surface area contributed by atoms with Crippen LogP contribution in [0.4, 0.5) is 10.1 Å². The van der Waals surface area contributed by atoms with Gasteiger partial charge in [-0.3, -0.25) is 4.79 Å². The fraction of sp³-hybridized carbons (Fsp3) is 0.136. The van der Waals surface area contributed by atoms with Crippen LogP contribution in [0.25, 0.3) is 0 Å². The Morgan fingerprint density at radius 1 is 0.926 bits per heavy atom. The molecule has 0 aliphatic rings. The van der Waals surface area contributed by atoms with Crippen molar-refractivity contribution in [1.29, 1.82) is 0 Å². The molecule has 3 aromatic rings. The molecule has 0 bridgehead atoms. The third kappa shape index (κ3) is 5.31. The number of anilines is 1. The fourth-order valence-electron chi connectivity index (χ4n) is 2.41. The maximum absolute atomic E-state index is 13.6. The van der Waals surface area contributed by atoms with Crippen LogP contribution in [0.5, 0.6) is 11.5 Å². The average Bonchev–Trinajstić information content (AvgIpc) is 2.70. The van der Waals surface area contributed by atoms with Gasteiger partial charge in [-0.2, -0.15) is 0 Å². The molecular weight excluding hydrogens is 345 g/mol. The number of amides is 1. The van der Waals surface area contributed by atoms with Gasteiger partial charge in [0.05, 0.1) is 5.69 Å². The highest BCUT2D eigenvalue weighted by Crippen LogP contribution is 2.20. The number of hydrogen-bond donors (Lipinski definition) is 1. The molecular formula is C22H20FNO3. The molecule has 138 valence electrons. The van der Waals surface area contributed by atoms with E-state index < -0.39 is 17.8 Å². The van der Waals surface area contributed by atoms with Crippen molar-refractivity contribution in [2.45, 2.75) is 19.6 Å². The average molecular weight is 365 g/mol. The van der Waals surface area contributed by atoms with Crippen molar-refractivity contribution in [3.8, 4) is 11.5 Å². The maximum atomic E-state index is 13.6. The zero-order chi connectivity index (χ0) is 19.1. The summed E-state index contributed by atoms with van der Waals surface area (Å²) in [5.74, 6) is 0.315. The number of carbonyl (C=O) groups excluding carboxylic acids is 1. The largest absolute Gasteiger partial charge is 0.489 e. The summed E-state index contributed by atoms with van der Waals surface area (Å²) in [6.45, 7) is 2.08. The number of halogens is 1. The number of hydrogen-bond acceptors (Lipinski definition) is 3. The summed E-state index contributed by atoms with van der Waals surface area (Å²) in [6, 6.07) is 22.9. The van der Waals surface area contributed by atoms with Crippen molar-refractivity contribution in [3.63, 3.8) is 0 Å². The van der Waals surface area contributed by atoms with Crippen molar-refractivity contribution < 1.29 is 18.7 Å². The minimum absolute atomic E-state index is 0.127. The smallest absolute Gasteiger partial charge is 0.265 e. The molecule has 0 radical (unpaired) electrons. The maximum Gasteiger partial charge on any atom is 0.265 e. The second-order valence-electron chi connectivity index (χ2n) is 5.97. The molecule has 3 rings (SSSR count). The van der Waals surface area contributed by atoms with Crippen molar-refractivity contribution in [2.75, 3.05) is 5.32 Å². The van der Waals surface area contributed by atoms with Gasteiger partial charge in [0.1, 0.15) is 23.9 Å². The molecule has 0 fully saturated rings. The first-order chi connectivity index (χ1) is 13.1. The number of ether oxygens (including phenoxy) is 2. The van der Waals surface area contributed by atoms with Gasteiger partial charge in [-0.25, -0.2) is 4.39 Å². The molecule has 0 heterocycles. The van der Waals surface area contributed by atoms with E-state index in [4.69, 9.17) is 9.47 Å². The molecule has 0 saturated heterocycles. The highest BCUT2D eigenvalue weighted by atomic mass is 19.1. The molecule has 1 amide bonds. The van der Waals surface area contributed by atoms with Crippen LogP contribution in [0.2, 0.25) is 0 Å². The summed E-state index contributed by atoms with van der Waals surface area (Å²) in [5, 5.41) is 2.52.